The third-order valence-electron chi connectivity index (χ3n) is 4.48. The molecule has 0 saturated carbocycles. The Kier molecular flexibility index (Phi) is 6.32. The predicted molar refractivity (Wildman–Crippen MR) is 117 cm³/mol. The number of carbonyl (C=O) groups excluding carboxylic acids is 1. The van der Waals surface area contributed by atoms with Crippen LogP contribution in [0.1, 0.15) is 11.4 Å². The molecule has 1 amide bonds. The number of carbonyl (C=O) groups is 1. The molecule has 0 radical (unpaired) electrons. The molecule has 2 heterocycles. The molecule has 0 bridgehead atoms. The lowest BCUT2D eigenvalue weighted by molar-refractivity contribution is -0.113. The molecule has 7 nitrogen and oxygen atoms in total. The maximum absolute atomic E-state index is 13.0. The molecule has 0 atom stereocenters. The second-order valence-electron chi connectivity index (χ2n) is 6.64. The van der Waals surface area contributed by atoms with Crippen LogP contribution in [0.3, 0.4) is 0 Å². The fraction of sp³-hybridized carbons (Fsp3) is 0.136. The van der Waals surface area contributed by atoms with Crippen molar-refractivity contribution in [3.8, 4) is 5.75 Å². The summed E-state index contributed by atoms with van der Waals surface area (Å²) in [5, 5.41) is 12.0. The summed E-state index contributed by atoms with van der Waals surface area (Å²) in [5.74, 6) is 1.10. The summed E-state index contributed by atoms with van der Waals surface area (Å²) in [6.07, 6.45) is 4.35. The summed E-state index contributed by atoms with van der Waals surface area (Å²) in [4.78, 5) is 12.3. The Bertz CT molecular complexity index is 1140. The molecule has 0 aliphatic carbocycles. The molecular formula is C22H20FN5O2S. The Hall–Kier alpha value is -3.59. The number of aromatic nitrogens is 4. The van der Waals surface area contributed by atoms with E-state index in [4.69, 9.17) is 4.74 Å². The first-order valence-electron chi connectivity index (χ1n) is 9.51. The third kappa shape index (κ3) is 5.13. The fourth-order valence-corrected chi connectivity index (χ4v) is 3.73. The lowest BCUT2D eigenvalue weighted by Gasteiger charge is -2.11. The first kappa shape index (κ1) is 20.7. The van der Waals surface area contributed by atoms with Crippen LogP contribution in [0, 0.1) is 5.82 Å². The maximum Gasteiger partial charge on any atom is 0.234 e. The van der Waals surface area contributed by atoms with Crippen LogP contribution in [-0.4, -0.2) is 38.3 Å². The number of ether oxygens (including phenoxy) is 1. The highest BCUT2D eigenvalue weighted by molar-refractivity contribution is 7.99. The molecule has 0 spiro atoms. The van der Waals surface area contributed by atoms with Gasteiger partial charge in [0.15, 0.2) is 5.82 Å². The van der Waals surface area contributed by atoms with Crippen molar-refractivity contribution < 1.29 is 13.9 Å². The van der Waals surface area contributed by atoms with E-state index < -0.39 is 0 Å². The van der Waals surface area contributed by atoms with Gasteiger partial charge in [-0.3, -0.25) is 9.47 Å². The lowest BCUT2D eigenvalue weighted by atomic mass is 10.1. The van der Waals surface area contributed by atoms with Crippen LogP contribution in [-0.2, 0) is 11.2 Å². The van der Waals surface area contributed by atoms with Gasteiger partial charge in [0.05, 0.1) is 12.9 Å². The third-order valence-corrected chi connectivity index (χ3v) is 5.40. The van der Waals surface area contributed by atoms with Gasteiger partial charge in [-0.25, -0.2) is 9.07 Å². The molecule has 0 aliphatic rings. The molecule has 1 N–H and O–H groups in total. The lowest BCUT2D eigenvalue weighted by Crippen LogP contribution is -2.16. The second kappa shape index (κ2) is 9.48. The van der Waals surface area contributed by atoms with Gasteiger partial charge >= 0.3 is 0 Å². The van der Waals surface area contributed by atoms with Crippen molar-refractivity contribution in [1.29, 1.82) is 0 Å². The number of amides is 1. The zero-order valence-electron chi connectivity index (χ0n) is 16.7. The van der Waals surface area contributed by atoms with Gasteiger partial charge in [0.2, 0.25) is 11.1 Å². The van der Waals surface area contributed by atoms with Gasteiger partial charge in [-0.1, -0.05) is 23.9 Å². The monoisotopic (exact) mass is 437 g/mol. The highest BCUT2D eigenvalue weighted by Crippen LogP contribution is 2.21. The number of anilines is 1. The number of nitrogens with one attached hydrogen (secondary N) is 1. The Morgan fingerprint density at radius 3 is 2.45 bits per heavy atom. The van der Waals surface area contributed by atoms with Crippen LogP contribution in [0.15, 0.2) is 78.2 Å². The summed E-state index contributed by atoms with van der Waals surface area (Å²) in [6, 6.07) is 17.2. The van der Waals surface area contributed by atoms with E-state index in [0.717, 1.165) is 17.1 Å². The number of hydrogen-bond acceptors (Lipinski definition) is 5. The quantitative estimate of drug-likeness (QED) is 0.424. The molecule has 2 aromatic carbocycles. The highest BCUT2D eigenvalue weighted by atomic mass is 32.2. The van der Waals surface area contributed by atoms with Crippen molar-refractivity contribution in [3.63, 3.8) is 0 Å². The molecule has 158 valence electrons. The number of methoxy groups -OCH3 is 1. The summed E-state index contributed by atoms with van der Waals surface area (Å²) in [7, 11) is 1.63. The first-order chi connectivity index (χ1) is 15.1. The molecule has 31 heavy (non-hydrogen) atoms. The minimum Gasteiger partial charge on any atom is -0.497 e. The van der Waals surface area contributed by atoms with E-state index in [-0.39, 0.29) is 17.5 Å². The highest BCUT2D eigenvalue weighted by Gasteiger charge is 2.16. The summed E-state index contributed by atoms with van der Waals surface area (Å²) < 4.78 is 22.0. The molecule has 0 fully saturated rings. The van der Waals surface area contributed by atoms with Gasteiger partial charge in [-0.05, 0) is 54.1 Å². The number of rotatable bonds is 8. The van der Waals surface area contributed by atoms with Gasteiger partial charge in [0.25, 0.3) is 0 Å². The van der Waals surface area contributed by atoms with Gasteiger partial charge in [0, 0.05) is 24.5 Å². The number of benzene rings is 2. The van der Waals surface area contributed by atoms with Crippen molar-refractivity contribution in [2.75, 3.05) is 18.2 Å². The van der Waals surface area contributed by atoms with Gasteiger partial charge in [0.1, 0.15) is 11.6 Å². The summed E-state index contributed by atoms with van der Waals surface area (Å²) in [5.41, 5.74) is 1.60. The Morgan fingerprint density at radius 1 is 1.06 bits per heavy atom. The van der Waals surface area contributed by atoms with Gasteiger partial charge in [-0.2, -0.15) is 0 Å². The summed E-state index contributed by atoms with van der Waals surface area (Å²) >= 11 is 1.28. The molecule has 9 heteroatoms. The normalized spacial score (nSPS) is 10.8. The second-order valence-corrected chi connectivity index (χ2v) is 7.58. The van der Waals surface area contributed by atoms with Crippen molar-refractivity contribution in [1.82, 2.24) is 19.5 Å². The van der Waals surface area contributed by atoms with E-state index >= 15 is 0 Å². The van der Waals surface area contributed by atoms with E-state index in [1.165, 1.54) is 36.0 Å². The zero-order valence-corrected chi connectivity index (χ0v) is 17.6. The maximum atomic E-state index is 13.0. The molecule has 4 aromatic rings. The van der Waals surface area contributed by atoms with Crippen molar-refractivity contribution in [3.05, 3.63) is 90.3 Å². The number of hydrogen-bond donors (Lipinski definition) is 1. The SMILES string of the molecule is COc1ccc(Cc2nnc(SCC(=O)Nc3ccc(F)cc3)n2-n2cccc2)cc1. The zero-order chi connectivity index (χ0) is 21.6. The van der Waals surface area contributed by atoms with E-state index in [9.17, 15) is 9.18 Å². The molecule has 0 saturated heterocycles. The van der Waals surface area contributed by atoms with E-state index in [1.54, 1.807) is 7.11 Å². The smallest absolute Gasteiger partial charge is 0.234 e. The molecular weight excluding hydrogens is 417 g/mol. The number of thioether (sulfide) groups is 1. The average Bonchev–Trinajstić information content (AvgIpc) is 3.44. The van der Waals surface area contributed by atoms with Crippen LogP contribution in [0.4, 0.5) is 10.1 Å². The van der Waals surface area contributed by atoms with Crippen LogP contribution in [0.25, 0.3) is 0 Å². The molecule has 4 rings (SSSR count). The predicted octanol–water partition coefficient (Wildman–Crippen LogP) is 3.86. The summed E-state index contributed by atoms with van der Waals surface area (Å²) in [6.45, 7) is 0. The standard InChI is InChI=1S/C22H20FN5O2S/c1-30-19-10-4-16(5-11-19)14-20-25-26-22(28(20)27-12-2-3-13-27)31-15-21(29)24-18-8-6-17(23)7-9-18/h2-13H,14-15H2,1H3,(H,24,29). The minimum absolute atomic E-state index is 0.138. The van der Waals surface area contributed by atoms with Gasteiger partial charge < -0.3 is 10.1 Å². The Balaban J connectivity index is 1.49. The minimum atomic E-state index is -0.350. The largest absolute Gasteiger partial charge is 0.497 e. The van der Waals surface area contributed by atoms with E-state index in [0.29, 0.717) is 17.3 Å². The Morgan fingerprint density at radius 2 is 1.77 bits per heavy atom. The van der Waals surface area contributed by atoms with Crippen molar-refractivity contribution >= 4 is 23.4 Å². The number of nitrogens with zero attached hydrogens (tertiary/aromatic N) is 4. The Labute approximate surface area is 182 Å². The molecule has 2 aromatic heterocycles. The van der Waals surface area contributed by atoms with Crippen molar-refractivity contribution in [2.24, 2.45) is 0 Å². The molecule has 0 unspecified atom stereocenters. The fourth-order valence-electron chi connectivity index (χ4n) is 2.97. The van der Waals surface area contributed by atoms with Crippen molar-refractivity contribution in [2.45, 2.75) is 11.6 Å². The first-order valence-corrected chi connectivity index (χ1v) is 10.5. The number of halogens is 1. The van der Waals surface area contributed by atoms with Crippen LogP contribution in [0.2, 0.25) is 0 Å². The van der Waals surface area contributed by atoms with Gasteiger partial charge in [-0.15, -0.1) is 10.2 Å². The van der Waals surface area contributed by atoms with Crippen LogP contribution < -0.4 is 10.1 Å². The topological polar surface area (TPSA) is 74.0 Å². The average molecular weight is 438 g/mol. The van der Waals surface area contributed by atoms with E-state index in [1.807, 2.05) is 58.1 Å². The van der Waals surface area contributed by atoms with E-state index in [2.05, 4.69) is 15.5 Å². The van der Waals surface area contributed by atoms with Crippen LogP contribution in [0.5, 0.6) is 5.75 Å². The van der Waals surface area contributed by atoms with Crippen LogP contribution >= 0.6 is 11.8 Å². The molecule has 0 aliphatic heterocycles.